The summed E-state index contributed by atoms with van der Waals surface area (Å²) in [5.41, 5.74) is 1.70. The van der Waals surface area contributed by atoms with E-state index in [1.165, 1.54) is 12.1 Å². The molecule has 3 rings (SSSR count). The van der Waals surface area contributed by atoms with Crippen molar-refractivity contribution in [1.29, 1.82) is 0 Å². The zero-order chi connectivity index (χ0) is 16.1. The molecule has 23 heavy (non-hydrogen) atoms. The third kappa shape index (κ3) is 4.39. The summed E-state index contributed by atoms with van der Waals surface area (Å²) < 4.78 is 18.5. The van der Waals surface area contributed by atoms with E-state index in [1.54, 1.807) is 12.1 Å². The standard InChI is InChI=1S/C19H20FNO2/c20-17-8-6-15(7-9-17)14-21-12-10-18(11-13-21)23-19(22)16-4-2-1-3-5-16/h1-9,18H,10-14H2. The van der Waals surface area contributed by atoms with Crippen LogP contribution in [-0.2, 0) is 11.3 Å². The van der Waals surface area contributed by atoms with Crippen molar-refractivity contribution < 1.29 is 13.9 Å². The van der Waals surface area contributed by atoms with Crippen molar-refractivity contribution in [2.24, 2.45) is 0 Å². The van der Waals surface area contributed by atoms with Crippen molar-refractivity contribution in [3.05, 3.63) is 71.5 Å². The van der Waals surface area contributed by atoms with Gasteiger partial charge >= 0.3 is 5.97 Å². The second kappa shape index (κ2) is 7.38. The van der Waals surface area contributed by atoms with Gasteiger partial charge in [-0.25, -0.2) is 9.18 Å². The van der Waals surface area contributed by atoms with Crippen molar-refractivity contribution in [1.82, 2.24) is 4.90 Å². The van der Waals surface area contributed by atoms with Gasteiger partial charge in [0.2, 0.25) is 0 Å². The van der Waals surface area contributed by atoms with Gasteiger partial charge in [-0.05, 0) is 42.7 Å². The highest BCUT2D eigenvalue weighted by Crippen LogP contribution is 2.18. The predicted octanol–water partition coefficient (Wildman–Crippen LogP) is 3.65. The summed E-state index contributed by atoms with van der Waals surface area (Å²) in [7, 11) is 0. The number of carbonyl (C=O) groups excluding carboxylic acids is 1. The Bertz CT molecular complexity index is 634. The van der Waals surface area contributed by atoms with Crippen LogP contribution in [0.4, 0.5) is 4.39 Å². The average molecular weight is 313 g/mol. The Morgan fingerprint density at radius 1 is 1.04 bits per heavy atom. The molecule has 0 saturated carbocycles. The fourth-order valence-corrected chi connectivity index (χ4v) is 2.83. The van der Waals surface area contributed by atoms with Crippen molar-refractivity contribution >= 4 is 5.97 Å². The van der Waals surface area contributed by atoms with E-state index in [9.17, 15) is 9.18 Å². The summed E-state index contributed by atoms with van der Waals surface area (Å²) in [6.07, 6.45) is 1.65. The van der Waals surface area contributed by atoms with Gasteiger partial charge in [0.15, 0.2) is 0 Å². The SMILES string of the molecule is O=C(OC1CCN(Cc2ccc(F)cc2)CC1)c1ccccc1. The summed E-state index contributed by atoms with van der Waals surface area (Å²) in [5.74, 6) is -0.456. The third-order valence-corrected chi connectivity index (χ3v) is 4.14. The van der Waals surface area contributed by atoms with Crippen molar-refractivity contribution in [2.75, 3.05) is 13.1 Å². The fraction of sp³-hybridized carbons (Fsp3) is 0.316. The zero-order valence-electron chi connectivity index (χ0n) is 13.0. The average Bonchev–Trinajstić information content (AvgIpc) is 2.59. The molecule has 0 unspecified atom stereocenters. The number of carbonyl (C=O) groups is 1. The number of esters is 1. The molecule has 1 heterocycles. The van der Waals surface area contributed by atoms with Gasteiger partial charge in [0.1, 0.15) is 11.9 Å². The van der Waals surface area contributed by atoms with E-state index in [0.717, 1.165) is 38.0 Å². The van der Waals surface area contributed by atoms with E-state index < -0.39 is 0 Å². The topological polar surface area (TPSA) is 29.5 Å². The number of hydrogen-bond donors (Lipinski definition) is 0. The second-order valence-electron chi connectivity index (χ2n) is 5.87. The molecule has 2 aromatic rings. The highest BCUT2D eigenvalue weighted by molar-refractivity contribution is 5.89. The van der Waals surface area contributed by atoms with Crippen LogP contribution in [0, 0.1) is 5.82 Å². The van der Waals surface area contributed by atoms with Crippen LogP contribution in [0.5, 0.6) is 0 Å². The molecule has 0 radical (unpaired) electrons. The number of hydrogen-bond acceptors (Lipinski definition) is 3. The molecule has 0 spiro atoms. The summed E-state index contributed by atoms with van der Waals surface area (Å²) >= 11 is 0. The van der Waals surface area contributed by atoms with Gasteiger partial charge in [-0.3, -0.25) is 4.90 Å². The number of nitrogens with zero attached hydrogens (tertiary/aromatic N) is 1. The van der Waals surface area contributed by atoms with E-state index in [2.05, 4.69) is 4.90 Å². The first-order valence-electron chi connectivity index (χ1n) is 7.93. The van der Waals surface area contributed by atoms with Crippen molar-refractivity contribution in [3.8, 4) is 0 Å². The highest BCUT2D eigenvalue weighted by Gasteiger charge is 2.22. The Labute approximate surface area is 135 Å². The maximum absolute atomic E-state index is 12.9. The number of likely N-dealkylation sites (tertiary alicyclic amines) is 1. The minimum Gasteiger partial charge on any atom is -0.459 e. The van der Waals surface area contributed by atoms with Crippen molar-refractivity contribution in [3.63, 3.8) is 0 Å². The van der Waals surface area contributed by atoms with Gasteiger partial charge in [0.25, 0.3) is 0 Å². The minimum atomic E-state index is -0.248. The third-order valence-electron chi connectivity index (χ3n) is 4.14. The lowest BCUT2D eigenvalue weighted by molar-refractivity contribution is 0.0104. The summed E-state index contributed by atoms with van der Waals surface area (Å²) in [5, 5.41) is 0. The molecule has 0 atom stereocenters. The Balaban J connectivity index is 1.47. The molecular formula is C19H20FNO2. The first kappa shape index (κ1) is 15.7. The summed E-state index contributed by atoms with van der Waals surface area (Å²) in [4.78, 5) is 14.4. The number of benzene rings is 2. The van der Waals surface area contributed by atoms with Gasteiger partial charge in [-0.1, -0.05) is 30.3 Å². The first-order chi connectivity index (χ1) is 11.2. The molecule has 1 saturated heterocycles. The van der Waals surface area contributed by atoms with E-state index in [1.807, 2.05) is 30.3 Å². The molecule has 0 aromatic heterocycles. The maximum Gasteiger partial charge on any atom is 0.338 e. The molecule has 0 amide bonds. The van der Waals surface area contributed by atoms with E-state index in [4.69, 9.17) is 4.74 Å². The normalized spacial score (nSPS) is 16.2. The van der Waals surface area contributed by atoms with Crippen LogP contribution in [0.3, 0.4) is 0 Å². The lowest BCUT2D eigenvalue weighted by atomic mass is 10.1. The number of ether oxygens (including phenoxy) is 1. The van der Waals surface area contributed by atoms with Gasteiger partial charge < -0.3 is 4.74 Å². The van der Waals surface area contributed by atoms with Crippen molar-refractivity contribution in [2.45, 2.75) is 25.5 Å². The largest absolute Gasteiger partial charge is 0.459 e. The zero-order valence-corrected chi connectivity index (χ0v) is 13.0. The quantitative estimate of drug-likeness (QED) is 0.807. The number of rotatable bonds is 4. The van der Waals surface area contributed by atoms with Crippen LogP contribution in [-0.4, -0.2) is 30.1 Å². The van der Waals surface area contributed by atoms with Gasteiger partial charge in [-0.15, -0.1) is 0 Å². The lowest BCUT2D eigenvalue weighted by Gasteiger charge is -2.31. The van der Waals surface area contributed by atoms with Crippen LogP contribution in [0.1, 0.15) is 28.8 Å². The van der Waals surface area contributed by atoms with Crippen LogP contribution in [0.25, 0.3) is 0 Å². The monoisotopic (exact) mass is 313 g/mol. The predicted molar refractivity (Wildman–Crippen MR) is 86.6 cm³/mol. The fourth-order valence-electron chi connectivity index (χ4n) is 2.83. The molecule has 1 fully saturated rings. The molecule has 0 N–H and O–H groups in total. The summed E-state index contributed by atoms with van der Waals surface area (Å²) in [6, 6.07) is 15.7. The van der Waals surface area contributed by atoms with Gasteiger partial charge in [0.05, 0.1) is 5.56 Å². The maximum atomic E-state index is 12.9. The molecule has 3 nitrogen and oxygen atoms in total. The first-order valence-corrected chi connectivity index (χ1v) is 7.93. The van der Waals surface area contributed by atoms with E-state index >= 15 is 0 Å². The van der Waals surface area contributed by atoms with Gasteiger partial charge in [-0.2, -0.15) is 0 Å². The minimum absolute atomic E-state index is 0.0211. The highest BCUT2D eigenvalue weighted by atomic mass is 19.1. The summed E-state index contributed by atoms with van der Waals surface area (Å²) in [6.45, 7) is 2.56. The smallest absolute Gasteiger partial charge is 0.338 e. The molecule has 4 heteroatoms. The molecule has 1 aliphatic rings. The molecule has 2 aromatic carbocycles. The van der Waals surface area contributed by atoms with Crippen LogP contribution >= 0.6 is 0 Å². The Morgan fingerprint density at radius 3 is 2.35 bits per heavy atom. The van der Waals surface area contributed by atoms with E-state index in [0.29, 0.717) is 5.56 Å². The lowest BCUT2D eigenvalue weighted by Crippen LogP contribution is -2.37. The molecule has 1 aliphatic heterocycles. The molecule has 0 bridgehead atoms. The molecular weight excluding hydrogens is 293 g/mol. The molecule has 120 valence electrons. The number of piperidine rings is 1. The van der Waals surface area contributed by atoms with Gasteiger partial charge in [0, 0.05) is 19.6 Å². The van der Waals surface area contributed by atoms with E-state index in [-0.39, 0.29) is 17.9 Å². The Morgan fingerprint density at radius 2 is 1.70 bits per heavy atom. The van der Waals surface area contributed by atoms with Crippen LogP contribution in [0.15, 0.2) is 54.6 Å². The Hall–Kier alpha value is -2.20. The molecule has 0 aliphatic carbocycles. The second-order valence-corrected chi connectivity index (χ2v) is 5.87. The van der Waals surface area contributed by atoms with Crippen LogP contribution < -0.4 is 0 Å². The van der Waals surface area contributed by atoms with Crippen LogP contribution in [0.2, 0.25) is 0 Å². The Kier molecular flexibility index (Phi) is 5.03. The number of halogens is 1.